The number of hydrogen-bond donors (Lipinski definition) is 0. The van der Waals surface area contributed by atoms with E-state index in [1.54, 1.807) is 41.3 Å². The SMILES string of the molecule is Cc1cc(OC[C@]2(CC(=O)N3CCCCC3)CN(C(=O)c3ccc(Cl)cc3)CCO2)ccc1Cl. The summed E-state index contributed by atoms with van der Waals surface area (Å²) in [5.74, 6) is 0.574. The fourth-order valence-electron chi connectivity index (χ4n) is 4.49. The van der Waals surface area contributed by atoms with Gasteiger partial charge in [-0.15, -0.1) is 0 Å². The lowest BCUT2D eigenvalue weighted by molar-refractivity contribution is -0.153. The zero-order valence-electron chi connectivity index (χ0n) is 19.4. The molecule has 2 aromatic rings. The molecule has 0 aromatic heterocycles. The summed E-state index contributed by atoms with van der Waals surface area (Å²) in [7, 11) is 0. The number of piperidine rings is 1. The van der Waals surface area contributed by atoms with Gasteiger partial charge in [-0.3, -0.25) is 9.59 Å². The number of hydrogen-bond acceptors (Lipinski definition) is 4. The van der Waals surface area contributed by atoms with E-state index >= 15 is 0 Å². The maximum absolute atomic E-state index is 13.2. The highest BCUT2D eigenvalue weighted by atomic mass is 35.5. The fourth-order valence-corrected chi connectivity index (χ4v) is 4.73. The van der Waals surface area contributed by atoms with E-state index in [-0.39, 0.29) is 31.4 Å². The van der Waals surface area contributed by atoms with Crippen LogP contribution in [-0.2, 0) is 9.53 Å². The first-order chi connectivity index (χ1) is 16.3. The number of ether oxygens (including phenoxy) is 2. The summed E-state index contributed by atoms with van der Waals surface area (Å²) in [6, 6.07) is 12.3. The van der Waals surface area contributed by atoms with Crippen LogP contribution in [0.2, 0.25) is 10.0 Å². The number of likely N-dealkylation sites (tertiary alicyclic amines) is 1. The third kappa shape index (κ3) is 6.04. The summed E-state index contributed by atoms with van der Waals surface area (Å²) in [5, 5.41) is 1.24. The lowest BCUT2D eigenvalue weighted by Gasteiger charge is -2.43. The van der Waals surface area contributed by atoms with E-state index in [0.717, 1.165) is 37.9 Å². The molecule has 0 bridgehead atoms. The average molecular weight is 505 g/mol. The van der Waals surface area contributed by atoms with Gasteiger partial charge in [0.05, 0.1) is 19.6 Å². The van der Waals surface area contributed by atoms with Crippen molar-refractivity contribution in [1.29, 1.82) is 0 Å². The van der Waals surface area contributed by atoms with Crippen LogP contribution in [0.3, 0.4) is 0 Å². The number of amides is 2. The zero-order chi connectivity index (χ0) is 24.1. The molecular formula is C26H30Cl2N2O4. The molecule has 1 atom stereocenters. The lowest BCUT2D eigenvalue weighted by atomic mass is 9.95. The van der Waals surface area contributed by atoms with E-state index in [0.29, 0.717) is 34.5 Å². The van der Waals surface area contributed by atoms with Crippen LogP contribution in [0.1, 0.15) is 41.6 Å². The van der Waals surface area contributed by atoms with Crippen molar-refractivity contribution in [2.45, 2.75) is 38.2 Å². The average Bonchev–Trinajstić information content (AvgIpc) is 2.85. The molecule has 2 aliphatic heterocycles. The van der Waals surface area contributed by atoms with E-state index < -0.39 is 5.60 Å². The molecule has 2 aromatic carbocycles. The van der Waals surface area contributed by atoms with Gasteiger partial charge in [0.15, 0.2) is 0 Å². The van der Waals surface area contributed by atoms with Gasteiger partial charge in [0, 0.05) is 35.2 Å². The third-order valence-electron chi connectivity index (χ3n) is 6.44. The minimum Gasteiger partial charge on any atom is -0.490 e. The fraction of sp³-hybridized carbons (Fsp3) is 0.462. The van der Waals surface area contributed by atoms with Gasteiger partial charge >= 0.3 is 0 Å². The Morgan fingerprint density at radius 1 is 1.00 bits per heavy atom. The predicted octanol–water partition coefficient (Wildman–Crippen LogP) is 4.99. The van der Waals surface area contributed by atoms with Crippen molar-refractivity contribution in [2.24, 2.45) is 0 Å². The first kappa shape index (κ1) is 24.8. The number of rotatable bonds is 6. The largest absolute Gasteiger partial charge is 0.490 e. The number of aryl methyl sites for hydroxylation is 1. The van der Waals surface area contributed by atoms with Crippen molar-refractivity contribution in [3.63, 3.8) is 0 Å². The van der Waals surface area contributed by atoms with E-state index in [1.165, 1.54) is 0 Å². The number of carbonyl (C=O) groups is 2. The number of halogens is 2. The molecule has 2 amide bonds. The standard InChI is InChI=1S/C26H30Cl2N2O4/c1-19-15-22(9-10-23(19)28)33-18-26(16-24(31)29-11-3-2-4-12-29)17-30(13-14-34-26)25(32)20-5-7-21(27)8-6-20/h5-10,15H,2-4,11-14,16-18H2,1H3/t26-/m0/s1. The smallest absolute Gasteiger partial charge is 0.254 e. The van der Waals surface area contributed by atoms with Crippen LogP contribution in [0, 0.1) is 6.92 Å². The van der Waals surface area contributed by atoms with Gasteiger partial charge in [-0.2, -0.15) is 0 Å². The number of morpholine rings is 1. The highest BCUT2D eigenvalue weighted by Gasteiger charge is 2.42. The second-order valence-electron chi connectivity index (χ2n) is 9.08. The topological polar surface area (TPSA) is 59.1 Å². The van der Waals surface area contributed by atoms with E-state index in [1.807, 2.05) is 17.9 Å². The van der Waals surface area contributed by atoms with Crippen molar-refractivity contribution in [3.8, 4) is 5.75 Å². The molecule has 6 nitrogen and oxygen atoms in total. The first-order valence-electron chi connectivity index (χ1n) is 11.7. The van der Waals surface area contributed by atoms with E-state index in [2.05, 4.69) is 0 Å². The molecule has 4 rings (SSSR count). The molecule has 0 unspecified atom stereocenters. The second kappa shape index (κ2) is 11.0. The lowest BCUT2D eigenvalue weighted by Crippen LogP contribution is -2.58. The Morgan fingerprint density at radius 2 is 1.74 bits per heavy atom. The number of carbonyl (C=O) groups excluding carboxylic acids is 2. The Kier molecular flexibility index (Phi) is 8.02. The van der Waals surface area contributed by atoms with Gasteiger partial charge < -0.3 is 19.3 Å². The minimum absolute atomic E-state index is 0.0383. The molecule has 34 heavy (non-hydrogen) atoms. The van der Waals surface area contributed by atoms with Gasteiger partial charge in [-0.25, -0.2) is 0 Å². The molecule has 2 aliphatic rings. The van der Waals surface area contributed by atoms with Crippen molar-refractivity contribution in [1.82, 2.24) is 9.80 Å². The molecule has 2 saturated heterocycles. The number of benzene rings is 2. The number of nitrogens with zero attached hydrogens (tertiary/aromatic N) is 2. The highest BCUT2D eigenvalue weighted by molar-refractivity contribution is 6.31. The summed E-state index contributed by atoms with van der Waals surface area (Å²) in [6.07, 6.45) is 3.33. The molecule has 8 heteroatoms. The van der Waals surface area contributed by atoms with Crippen LogP contribution in [0.5, 0.6) is 5.75 Å². The van der Waals surface area contributed by atoms with Gasteiger partial charge in [0.2, 0.25) is 5.91 Å². The molecule has 2 heterocycles. The Morgan fingerprint density at radius 3 is 2.44 bits per heavy atom. The first-order valence-corrected chi connectivity index (χ1v) is 12.5. The molecular weight excluding hydrogens is 475 g/mol. The molecule has 182 valence electrons. The molecule has 0 saturated carbocycles. The van der Waals surface area contributed by atoms with Crippen LogP contribution < -0.4 is 4.74 Å². The van der Waals surface area contributed by atoms with E-state index in [4.69, 9.17) is 32.7 Å². The van der Waals surface area contributed by atoms with Crippen molar-refractivity contribution >= 4 is 35.0 Å². The van der Waals surface area contributed by atoms with Gasteiger partial charge in [0.25, 0.3) is 5.91 Å². The van der Waals surface area contributed by atoms with Crippen molar-refractivity contribution < 1.29 is 19.1 Å². The third-order valence-corrected chi connectivity index (χ3v) is 7.12. The van der Waals surface area contributed by atoms with Crippen LogP contribution in [0.15, 0.2) is 42.5 Å². The predicted molar refractivity (Wildman–Crippen MR) is 133 cm³/mol. The van der Waals surface area contributed by atoms with Gasteiger partial charge in [0.1, 0.15) is 18.0 Å². The molecule has 0 aliphatic carbocycles. The monoisotopic (exact) mass is 504 g/mol. The Bertz CT molecular complexity index is 1020. The molecule has 0 radical (unpaired) electrons. The van der Waals surface area contributed by atoms with Crippen LogP contribution in [0.4, 0.5) is 0 Å². The molecule has 0 spiro atoms. The maximum Gasteiger partial charge on any atom is 0.254 e. The molecule has 0 N–H and O–H groups in total. The highest BCUT2D eigenvalue weighted by Crippen LogP contribution is 2.28. The quantitative estimate of drug-likeness (QED) is 0.555. The summed E-state index contributed by atoms with van der Waals surface area (Å²) in [6.45, 7) is 4.63. The van der Waals surface area contributed by atoms with E-state index in [9.17, 15) is 9.59 Å². The maximum atomic E-state index is 13.2. The van der Waals surface area contributed by atoms with Crippen LogP contribution in [0.25, 0.3) is 0 Å². The van der Waals surface area contributed by atoms with Gasteiger partial charge in [-0.05, 0) is 74.2 Å². The van der Waals surface area contributed by atoms with Crippen LogP contribution >= 0.6 is 23.2 Å². The Balaban J connectivity index is 1.53. The minimum atomic E-state index is -0.942. The van der Waals surface area contributed by atoms with Crippen molar-refractivity contribution in [3.05, 3.63) is 63.6 Å². The summed E-state index contributed by atoms with van der Waals surface area (Å²) >= 11 is 12.1. The normalized spacial score (nSPS) is 20.8. The summed E-state index contributed by atoms with van der Waals surface area (Å²) in [5.41, 5.74) is 0.515. The zero-order valence-corrected chi connectivity index (χ0v) is 20.9. The Labute approximate surface area is 210 Å². The second-order valence-corrected chi connectivity index (χ2v) is 9.93. The van der Waals surface area contributed by atoms with Crippen LogP contribution in [-0.4, -0.2) is 66.6 Å². The molecule has 2 fully saturated rings. The van der Waals surface area contributed by atoms with Crippen molar-refractivity contribution in [2.75, 3.05) is 39.4 Å². The summed E-state index contributed by atoms with van der Waals surface area (Å²) in [4.78, 5) is 30.1. The van der Waals surface area contributed by atoms with Gasteiger partial charge in [-0.1, -0.05) is 23.2 Å². The summed E-state index contributed by atoms with van der Waals surface area (Å²) < 4.78 is 12.3. The Hall–Kier alpha value is -2.28.